The largest absolute Gasteiger partial charge is 0.378 e. The van der Waals surface area contributed by atoms with Crippen LogP contribution in [-0.2, 0) is 4.74 Å². The number of carbonyl (C=O) groups is 1. The average Bonchev–Trinajstić information content (AvgIpc) is 3.25. The molecule has 3 aromatic rings. The van der Waals surface area contributed by atoms with E-state index in [4.69, 9.17) is 4.74 Å². The number of fused-ring (bicyclic) bond motifs is 1. The summed E-state index contributed by atoms with van der Waals surface area (Å²) in [7, 11) is 2.09. The maximum Gasteiger partial charge on any atom is 0.322 e. The third-order valence-electron chi connectivity index (χ3n) is 7.67. The molecule has 0 saturated carbocycles. The molecule has 1 N–H and O–H groups in total. The zero-order chi connectivity index (χ0) is 27.2. The zero-order valence-corrected chi connectivity index (χ0v) is 23.2. The van der Waals surface area contributed by atoms with Gasteiger partial charge in [0.2, 0.25) is 0 Å². The molecule has 2 saturated heterocycles. The number of nitrogens with zero attached hydrogens (tertiary/aromatic N) is 6. The van der Waals surface area contributed by atoms with Crippen molar-refractivity contribution in [3.05, 3.63) is 41.6 Å². The van der Waals surface area contributed by atoms with E-state index in [1.807, 2.05) is 20.0 Å². The number of hydrogen-bond acceptors (Lipinski definition) is 6. The number of hydrogen-bond donors (Lipinski definition) is 1. The van der Waals surface area contributed by atoms with Gasteiger partial charge in [-0.3, -0.25) is 4.90 Å². The Morgan fingerprint density at radius 2 is 1.84 bits per heavy atom. The molecule has 2 amide bonds. The summed E-state index contributed by atoms with van der Waals surface area (Å²) < 4.78 is 22.5. The van der Waals surface area contributed by atoms with Gasteiger partial charge >= 0.3 is 6.03 Å². The van der Waals surface area contributed by atoms with Crippen molar-refractivity contribution in [2.24, 2.45) is 5.41 Å². The quantitative estimate of drug-likeness (QED) is 0.555. The van der Waals surface area contributed by atoms with Crippen LogP contribution in [0.1, 0.15) is 32.2 Å². The number of likely N-dealkylation sites (N-methyl/N-ethyl adjacent to an activating group) is 1. The van der Waals surface area contributed by atoms with Crippen LogP contribution in [0.25, 0.3) is 16.8 Å². The number of carbonyl (C=O) groups excluding carboxylic acids is 1. The van der Waals surface area contributed by atoms with Crippen molar-refractivity contribution < 1.29 is 13.9 Å². The molecule has 10 heteroatoms. The van der Waals surface area contributed by atoms with E-state index in [0.29, 0.717) is 32.1 Å². The zero-order valence-electron chi connectivity index (χ0n) is 23.2. The van der Waals surface area contributed by atoms with Crippen LogP contribution in [0.5, 0.6) is 0 Å². The Labute approximate surface area is 223 Å². The number of aromatic nitrogens is 3. The van der Waals surface area contributed by atoms with Gasteiger partial charge in [-0.25, -0.2) is 18.7 Å². The summed E-state index contributed by atoms with van der Waals surface area (Å²) in [4.78, 5) is 24.2. The summed E-state index contributed by atoms with van der Waals surface area (Å²) in [6.07, 6.45) is 1.92. The number of pyridine rings is 1. The highest BCUT2D eigenvalue weighted by molar-refractivity contribution is 5.91. The van der Waals surface area contributed by atoms with Gasteiger partial charge in [0.05, 0.1) is 24.6 Å². The first-order valence-electron chi connectivity index (χ1n) is 13.3. The van der Waals surface area contributed by atoms with Gasteiger partial charge < -0.3 is 19.9 Å². The average molecular weight is 524 g/mol. The van der Waals surface area contributed by atoms with Gasteiger partial charge in [0.15, 0.2) is 5.65 Å². The number of anilines is 2. The fourth-order valence-electron chi connectivity index (χ4n) is 5.53. The summed E-state index contributed by atoms with van der Waals surface area (Å²) in [5.74, 6) is 0.230. The van der Waals surface area contributed by atoms with E-state index < -0.39 is 5.82 Å². The second-order valence-electron chi connectivity index (χ2n) is 11.5. The van der Waals surface area contributed by atoms with Crippen LogP contribution in [0, 0.1) is 25.1 Å². The van der Waals surface area contributed by atoms with Crippen LogP contribution < -0.4 is 10.2 Å². The Balaban J connectivity index is 1.46. The minimum absolute atomic E-state index is 0.0204. The van der Waals surface area contributed by atoms with Crippen molar-refractivity contribution in [3.63, 3.8) is 0 Å². The van der Waals surface area contributed by atoms with Crippen LogP contribution in [0.4, 0.5) is 20.6 Å². The molecular formula is C28H38FN7O2. The smallest absolute Gasteiger partial charge is 0.322 e. The Morgan fingerprint density at radius 3 is 2.55 bits per heavy atom. The number of morpholine rings is 1. The molecule has 4 heterocycles. The van der Waals surface area contributed by atoms with Gasteiger partial charge in [-0.2, -0.15) is 5.10 Å². The summed E-state index contributed by atoms with van der Waals surface area (Å²) in [6.45, 7) is 15.1. The molecule has 0 unspecified atom stereocenters. The third-order valence-corrected chi connectivity index (χ3v) is 7.67. The number of aryl methyl sites for hydroxylation is 2. The first-order valence-corrected chi connectivity index (χ1v) is 13.3. The third kappa shape index (κ3) is 5.19. The molecule has 0 aliphatic carbocycles. The molecule has 38 heavy (non-hydrogen) atoms. The highest BCUT2D eigenvalue weighted by Gasteiger charge is 2.35. The van der Waals surface area contributed by atoms with Gasteiger partial charge in [0, 0.05) is 50.5 Å². The molecule has 0 radical (unpaired) electrons. The number of halogens is 1. The number of rotatable bonds is 3. The summed E-state index contributed by atoms with van der Waals surface area (Å²) in [6, 6.07) is 5.23. The maximum absolute atomic E-state index is 15.1. The fraction of sp³-hybridized carbons (Fsp3) is 0.536. The van der Waals surface area contributed by atoms with E-state index in [-0.39, 0.29) is 23.2 Å². The number of ether oxygens (including phenoxy) is 1. The molecule has 1 aromatic carbocycles. The number of benzene rings is 1. The number of amides is 2. The van der Waals surface area contributed by atoms with E-state index in [9.17, 15) is 4.79 Å². The van der Waals surface area contributed by atoms with Gasteiger partial charge in [0.25, 0.3) is 0 Å². The lowest BCUT2D eigenvalue weighted by atomic mass is 9.84. The molecule has 2 aliphatic rings. The molecule has 2 aliphatic heterocycles. The van der Waals surface area contributed by atoms with Crippen LogP contribution in [0.2, 0.25) is 0 Å². The normalized spacial score (nSPS) is 19.3. The Hall–Kier alpha value is -3.24. The minimum Gasteiger partial charge on any atom is -0.378 e. The lowest BCUT2D eigenvalue weighted by molar-refractivity contribution is 0.0519. The minimum atomic E-state index is -0.452. The standard InChI is InChI=1S/C28H38FN7O2/c1-18-13-22(29)23(31-27(37)35-8-7-33(6)25(17-35)28(3,4)5)15-21(18)20-14-24(34-9-11-38-12-10-34)26-30-19(2)32-36(26)16-20/h13-16,25H,7-12,17H2,1-6H3,(H,31,37)/t25-/m1/s1. The van der Waals surface area contributed by atoms with Gasteiger partial charge in [-0.05, 0) is 55.6 Å². The number of piperazine rings is 1. The Bertz CT molecular complexity index is 1340. The predicted molar refractivity (Wildman–Crippen MR) is 147 cm³/mol. The summed E-state index contributed by atoms with van der Waals surface area (Å²) in [5.41, 5.74) is 4.42. The van der Waals surface area contributed by atoms with Crippen molar-refractivity contribution >= 4 is 23.1 Å². The molecule has 204 valence electrons. The van der Waals surface area contributed by atoms with Crippen molar-refractivity contribution in [2.45, 2.75) is 40.7 Å². The van der Waals surface area contributed by atoms with Gasteiger partial charge in [-0.1, -0.05) is 20.8 Å². The number of urea groups is 1. The first-order chi connectivity index (χ1) is 18.0. The highest BCUT2D eigenvalue weighted by atomic mass is 19.1. The Morgan fingerprint density at radius 1 is 1.11 bits per heavy atom. The van der Waals surface area contributed by atoms with Crippen molar-refractivity contribution in [1.29, 1.82) is 0 Å². The van der Waals surface area contributed by atoms with Gasteiger partial charge in [-0.15, -0.1) is 0 Å². The lowest BCUT2D eigenvalue weighted by Gasteiger charge is -2.45. The van der Waals surface area contributed by atoms with Gasteiger partial charge in [0.1, 0.15) is 11.6 Å². The van der Waals surface area contributed by atoms with E-state index in [1.54, 1.807) is 15.5 Å². The van der Waals surface area contributed by atoms with Crippen LogP contribution in [0.3, 0.4) is 0 Å². The van der Waals surface area contributed by atoms with E-state index in [1.165, 1.54) is 6.07 Å². The molecule has 0 spiro atoms. The molecular weight excluding hydrogens is 485 g/mol. The SMILES string of the molecule is Cc1nc2c(N3CCOCC3)cc(-c3cc(NC(=O)N4CCN(C)[C@@H](C(C)(C)C)C4)c(F)cc3C)cn2n1. The van der Waals surface area contributed by atoms with Crippen LogP contribution in [0.15, 0.2) is 24.4 Å². The molecule has 2 fully saturated rings. The lowest BCUT2D eigenvalue weighted by Crippen LogP contribution is -2.58. The highest BCUT2D eigenvalue weighted by Crippen LogP contribution is 2.34. The second kappa shape index (κ2) is 10.1. The molecule has 2 aromatic heterocycles. The Kier molecular flexibility index (Phi) is 7.04. The van der Waals surface area contributed by atoms with Crippen LogP contribution >= 0.6 is 0 Å². The molecule has 0 bridgehead atoms. The second-order valence-corrected chi connectivity index (χ2v) is 11.5. The van der Waals surface area contributed by atoms with Crippen LogP contribution in [-0.4, -0.2) is 89.5 Å². The molecule has 9 nitrogen and oxygen atoms in total. The topological polar surface area (TPSA) is 78.2 Å². The van der Waals surface area contributed by atoms with E-state index in [0.717, 1.165) is 47.7 Å². The monoisotopic (exact) mass is 523 g/mol. The van der Waals surface area contributed by atoms with Crippen molar-refractivity contribution in [3.8, 4) is 11.1 Å². The van der Waals surface area contributed by atoms with Crippen molar-refractivity contribution in [2.75, 3.05) is 63.2 Å². The predicted octanol–water partition coefficient (Wildman–Crippen LogP) is 4.18. The van der Waals surface area contributed by atoms with Crippen molar-refractivity contribution in [1.82, 2.24) is 24.4 Å². The fourth-order valence-corrected chi connectivity index (χ4v) is 5.53. The molecule has 5 rings (SSSR count). The van der Waals surface area contributed by atoms with E-state index in [2.05, 4.69) is 59.1 Å². The summed E-state index contributed by atoms with van der Waals surface area (Å²) >= 11 is 0. The number of nitrogens with one attached hydrogen (secondary N) is 1. The molecule has 1 atom stereocenters. The van der Waals surface area contributed by atoms with E-state index >= 15 is 4.39 Å². The maximum atomic E-state index is 15.1. The summed E-state index contributed by atoms with van der Waals surface area (Å²) in [5, 5.41) is 7.42. The first kappa shape index (κ1) is 26.4.